The summed E-state index contributed by atoms with van der Waals surface area (Å²) in [4.78, 5) is 11.7. The number of anilines is 2. The van der Waals surface area contributed by atoms with Crippen molar-refractivity contribution >= 4 is 39.7 Å². The molecule has 1 aromatic carbocycles. The fourth-order valence-electron chi connectivity index (χ4n) is 2.33. The third-order valence-corrected chi connectivity index (χ3v) is 5.32. The highest BCUT2D eigenvalue weighted by Gasteiger charge is 2.29. The molecule has 1 amide bonds. The van der Waals surface area contributed by atoms with Crippen molar-refractivity contribution in [2.24, 2.45) is 0 Å². The highest BCUT2D eigenvalue weighted by molar-refractivity contribution is 7.93. The predicted molar refractivity (Wildman–Crippen MR) is 91.4 cm³/mol. The van der Waals surface area contributed by atoms with E-state index in [-0.39, 0.29) is 24.1 Å². The first-order valence-corrected chi connectivity index (χ1v) is 8.60. The lowest BCUT2D eigenvalue weighted by Crippen LogP contribution is -2.26. The number of benzene rings is 1. The van der Waals surface area contributed by atoms with Gasteiger partial charge in [-0.2, -0.15) is 0 Å². The first kappa shape index (κ1) is 18.7. The van der Waals surface area contributed by atoms with Crippen LogP contribution in [0.1, 0.15) is 18.4 Å². The predicted octanol–water partition coefficient (Wildman–Crippen LogP) is 1.50. The normalized spacial score (nSPS) is 16.2. The number of amides is 1. The fraction of sp³-hybridized carbons (Fsp3) is 0.500. The Hall–Kier alpha value is -1.31. The number of hydrogen-bond acceptors (Lipinski definition) is 4. The van der Waals surface area contributed by atoms with Gasteiger partial charge in [0.25, 0.3) is 0 Å². The summed E-state index contributed by atoms with van der Waals surface area (Å²) in [6.07, 6.45) is 1.02. The molecule has 0 atom stereocenters. The fourth-order valence-corrected chi connectivity index (χ4v) is 3.95. The van der Waals surface area contributed by atoms with E-state index in [1.54, 1.807) is 19.2 Å². The second-order valence-electron chi connectivity index (χ2n) is 5.14. The van der Waals surface area contributed by atoms with E-state index in [9.17, 15) is 13.2 Å². The van der Waals surface area contributed by atoms with Gasteiger partial charge in [0, 0.05) is 25.2 Å². The van der Waals surface area contributed by atoms with Gasteiger partial charge in [-0.25, -0.2) is 8.42 Å². The Bertz CT molecular complexity index is 634. The molecule has 0 aromatic heterocycles. The maximum atomic E-state index is 12.0. The number of nitrogens with one attached hydrogen (secondary N) is 2. The molecule has 1 aromatic rings. The Morgan fingerprint density at radius 2 is 2.09 bits per heavy atom. The van der Waals surface area contributed by atoms with Crippen LogP contribution in [0.15, 0.2) is 18.2 Å². The van der Waals surface area contributed by atoms with Gasteiger partial charge in [0.2, 0.25) is 15.9 Å². The molecule has 1 fully saturated rings. The number of sulfonamides is 1. The lowest BCUT2D eigenvalue weighted by Gasteiger charge is -2.20. The van der Waals surface area contributed by atoms with Crippen molar-refractivity contribution in [2.45, 2.75) is 19.8 Å². The monoisotopic (exact) mass is 347 g/mol. The first-order chi connectivity index (χ1) is 9.94. The molecule has 1 saturated heterocycles. The number of aryl methyl sites for hydroxylation is 1. The summed E-state index contributed by atoms with van der Waals surface area (Å²) < 4.78 is 25.5. The van der Waals surface area contributed by atoms with Crippen LogP contribution in [0.3, 0.4) is 0 Å². The van der Waals surface area contributed by atoms with Crippen molar-refractivity contribution in [2.75, 3.05) is 35.5 Å². The van der Waals surface area contributed by atoms with Crippen molar-refractivity contribution in [3.8, 4) is 0 Å². The van der Waals surface area contributed by atoms with Gasteiger partial charge in [-0.1, -0.05) is 6.07 Å². The van der Waals surface area contributed by atoms with Crippen LogP contribution in [-0.2, 0) is 14.8 Å². The van der Waals surface area contributed by atoms with Crippen LogP contribution >= 0.6 is 12.4 Å². The summed E-state index contributed by atoms with van der Waals surface area (Å²) in [5.74, 6) is 0.0917. The van der Waals surface area contributed by atoms with Crippen LogP contribution in [0, 0.1) is 6.92 Å². The quantitative estimate of drug-likeness (QED) is 0.846. The van der Waals surface area contributed by atoms with Crippen LogP contribution in [0.2, 0.25) is 0 Å². The molecule has 0 unspecified atom stereocenters. The second-order valence-corrected chi connectivity index (χ2v) is 7.16. The largest absolute Gasteiger partial charge is 0.326 e. The third kappa shape index (κ3) is 4.34. The van der Waals surface area contributed by atoms with Gasteiger partial charge in [-0.05, 0) is 38.1 Å². The molecule has 1 aliphatic heterocycles. The van der Waals surface area contributed by atoms with Gasteiger partial charge in [-0.15, -0.1) is 12.4 Å². The average Bonchev–Trinajstić information content (AvgIpc) is 2.78. The lowest BCUT2D eigenvalue weighted by molar-refractivity contribution is -0.116. The van der Waals surface area contributed by atoms with Gasteiger partial charge in [-0.3, -0.25) is 9.10 Å². The van der Waals surface area contributed by atoms with Crippen molar-refractivity contribution in [3.63, 3.8) is 0 Å². The lowest BCUT2D eigenvalue weighted by atomic mass is 10.1. The zero-order chi connectivity index (χ0) is 15.5. The highest BCUT2D eigenvalue weighted by atomic mass is 35.5. The van der Waals surface area contributed by atoms with Gasteiger partial charge >= 0.3 is 0 Å². The second kappa shape index (κ2) is 7.80. The summed E-state index contributed by atoms with van der Waals surface area (Å²) in [6.45, 7) is 2.97. The van der Waals surface area contributed by atoms with E-state index in [0.717, 1.165) is 5.56 Å². The molecule has 1 aliphatic rings. The Balaban J connectivity index is 0.00000242. The summed E-state index contributed by atoms with van der Waals surface area (Å²) in [6, 6.07) is 5.35. The van der Waals surface area contributed by atoms with Gasteiger partial charge < -0.3 is 10.6 Å². The molecular formula is C14H22ClN3O3S. The average molecular weight is 348 g/mol. The van der Waals surface area contributed by atoms with E-state index in [1.807, 2.05) is 13.0 Å². The molecule has 22 heavy (non-hydrogen) atoms. The number of halogens is 1. The Kier molecular flexibility index (Phi) is 6.65. The van der Waals surface area contributed by atoms with Crippen LogP contribution in [0.4, 0.5) is 11.4 Å². The Morgan fingerprint density at radius 3 is 2.68 bits per heavy atom. The molecule has 0 saturated carbocycles. The van der Waals surface area contributed by atoms with E-state index in [4.69, 9.17) is 0 Å². The molecule has 0 spiro atoms. The summed E-state index contributed by atoms with van der Waals surface area (Å²) in [5, 5.41) is 5.71. The number of nitrogens with zero attached hydrogens (tertiary/aromatic N) is 1. The van der Waals surface area contributed by atoms with Crippen molar-refractivity contribution in [1.82, 2.24) is 5.32 Å². The Morgan fingerprint density at radius 1 is 1.36 bits per heavy atom. The van der Waals surface area contributed by atoms with Crippen molar-refractivity contribution in [1.29, 1.82) is 0 Å². The third-order valence-electron chi connectivity index (χ3n) is 3.46. The van der Waals surface area contributed by atoms with E-state index in [2.05, 4.69) is 10.6 Å². The number of carbonyl (C=O) groups excluding carboxylic acids is 1. The zero-order valence-corrected chi connectivity index (χ0v) is 14.4. The van der Waals surface area contributed by atoms with Crippen LogP contribution < -0.4 is 14.9 Å². The number of hydrogen-bond donors (Lipinski definition) is 2. The smallest absolute Gasteiger partial charge is 0.235 e. The molecule has 0 radical (unpaired) electrons. The van der Waals surface area contributed by atoms with E-state index < -0.39 is 10.0 Å². The maximum absolute atomic E-state index is 12.0. The van der Waals surface area contributed by atoms with Crippen LogP contribution in [0.25, 0.3) is 0 Å². The van der Waals surface area contributed by atoms with Gasteiger partial charge in [0.1, 0.15) is 0 Å². The number of carbonyl (C=O) groups is 1. The maximum Gasteiger partial charge on any atom is 0.235 e. The van der Waals surface area contributed by atoms with Crippen LogP contribution in [-0.4, -0.2) is 40.2 Å². The molecule has 1 heterocycles. The Labute approximate surface area is 137 Å². The van der Waals surface area contributed by atoms with E-state index in [0.29, 0.717) is 37.3 Å². The van der Waals surface area contributed by atoms with Crippen LogP contribution in [0.5, 0.6) is 0 Å². The summed E-state index contributed by atoms with van der Waals surface area (Å²) >= 11 is 0. The molecule has 2 rings (SSSR count). The minimum Gasteiger partial charge on any atom is -0.326 e. The first-order valence-electron chi connectivity index (χ1n) is 6.99. The molecular weight excluding hydrogens is 326 g/mol. The molecule has 124 valence electrons. The van der Waals surface area contributed by atoms with E-state index >= 15 is 0 Å². The van der Waals surface area contributed by atoms with Crippen molar-refractivity contribution < 1.29 is 13.2 Å². The SMILES string of the molecule is CNCCC(=O)Nc1ccc(C)c(N2CCCS2(=O)=O)c1.Cl. The standard InChI is InChI=1S/C14H21N3O3S.ClH/c1-11-4-5-12(16-14(18)6-7-15-2)10-13(11)17-8-3-9-21(17,19)20;/h4-5,10,15H,3,6-9H2,1-2H3,(H,16,18);1H. The van der Waals surface area contributed by atoms with Gasteiger partial charge in [0.05, 0.1) is 11.4 Å². The minimum atomic E-state index is -3.21. The molecule has 0 bridgehead atoms. The summed E-state index contributed by atoms with van der Waals surface area (Å²) in [7, 11) is -1.42. The highest BCUT2D eigenvalue weighted by Crippen LogP contribution is 2.29. The van der Waals surface area contributed by atoms with Crippen molar-refractivity contribution in [3.05, 3.63) is 23.8 Å². The molecule has 8 heteroatoms. The molecule has 2 N–H and O–H groups in total. The summed E-state index contributed by atoms with van der Waals surface area (Å²) in [5.41, 5.74) is 2.16. The minimum absolute atomic E-state index is 0. The zero-order valence-electron chi connectivity index (χ0n) is 12.8. The molecule has 6 nitrogen and oxygen atoms in total. The molecule has 0 aliphatic carbocycles. The van der Waals surface area contributed by atoms with Gasteiger partial charge in [0.15, 0.2) is 0 Å². The number of rotatable bonds is 5. The topological polar surface area (TPSA) is 78.5 Å². The van der Waals surface area contributed by atoms with E-state index in [1.165, 1.54) is 4.31 Å².